The second-order valence-corrected chi connectivity index (χ2v) is 12.9. The molecule has 2 aliphatic rings. The van der Waals surface area contributed by atoms with Crippen LogP contribution in [0.5, 0.6) is 11.5 Å². The van der Waals surface area contributed by atoms with E-state index in [0.29, 0.717) is 5.82 Å². The van der Waals surface area contributed by atoms with Gasteiger partial charge in [0.05, 0.1) is 0 Å². The molecular weight excluding hydrogens is 544 g/mol. The van der Waals surface area contributed by atoms with Crippen molar-refractivity contribution >= 4 is 0 Å². The molecule has 0 bridgehead atoms. The minimum atomic E-state index is -0.182. The topological polar surface area (TPSA) is 53.5 Å². The number of hydrogen-bond donors (Lipinski definition) is 0. The number of hydrogen-bond acceptors (Lipinski definition) is 5. The maximum atomic E-state index is 6.14. The Labute approximate surface area is 266 Å². The van der Waals surface area contributed by atoms with E-state index in [9.17, 15) is 0 Å². The predicted octanol–water partition coefficient (Wildman–Crippen LogP) is 10.7. The fourth-order valence-corrected chi connectivity index (χ4v) is 6.05. The lowest BCUT2D eigenvalue weighted by atomic mass is 10.0. The van der Waals surface area contributed by atoms with E-state index in [1.165, 1.54) is 89.0 Å². The number of aromatic nitrogens is 2. The third kappa shape index (κ3) is 10.9. The van der Waals surface area contributed by atoms with Crippen molar-refractivity contribution in [2.45, 2.75) is 129 Å². The van der Waals surface area contributed by atoms with Crippen LogP contribution < -0.4 is 9.47 Å². The summed E-state index contributed by atoms with van der Waals surface area (Å²) in [4.78, 5) is 9.36. The molecule has 0 spiro atoms. The molecule has 238 valence electrons. The van der Waals surface area contributed by atoms with Gasteiger partial charge in [-0.3, -0.25) is 0 Å². The first kappa shape index (κ1) is 32.5. The average molecular weight is 599 g/mol. The molecule has 2 aromatic carbocycles. The van der Waals surface area contributed by atoms with Gasteiger partial charge in [-0.1, -0.05) is 108 Å². The molecular formula is C39H54N2O3. The molecule has 0 radical (unpaired) electrons. The van der Waals surface area contributed by atoms with Gasteiger partial charge in [0.15, 0.2) is 17.3 Å². The Bertz CT molecular complexity index is 1220. The molecule has 44 heavy (non-hydrogen) atoms. The molecule has 5 rings (SSSR count). The van der Waals surface area contributed by atoms with E-state index < -0.39 is 0 Å². The van der Waals surface area contributed by atoms with Gasteiger partial charge in [0.1, 0.15) is 0 Å². The molecule has 1 aliphatic heterocycles. The van der Waals surface area contributed by atoms with Crippen LogP contribution in [-0.4, -0.2) is 29.5 Å². The number of rotatable bonds is 22. The number of benzene rings is 2. The Kier molecular flexibility index (Phi) is 13.4. The maximum Gasteiger partial charge on any atom is 0.241 e. The molecule has 1 atom stereocenters. The number of aryl methyl sites for hydroxylation is 1. The average Bonchev–Trinajstić information content (AvgIpc) is 3.80. The van der Waals surface area contributed by atoms with Crippen LogP contribution in [0.1, 0.15) is 122 Å². The summed E-state index contributed by atoms with van der Waals surface area (Å²) in [5.74, 6) is 3.40. The fourth-order valence-electron chi connectivity index (χ4n) is 6.05. The molecule has 5 nitrogen and oxygen atoms in total. The van der Waals surface area contributed by atoms with Gasteiger partial charge in [0.2, 0.25) is 6.29 Å². The van der Waals surface area contributed by atoms with Crippen molar-refractivity contribution < 1.29 is 14.2 Å². The first-order chi connectivity index (χ1) is 21.8. The number of nitrogens with zero attached hydrogens (tertiary/aromatic N) is 2. The summed E-state index contributed by atoms with van der Waals surface area (Å²) >= 11 is 0. The number of unbranched alkanes of at least 4 members (excludes halogenated alkanes) is 10. The zero-order valence-electron chi connectivity index (χ0n) is 27.1. The lowest BCUT2D eigenvalue weighted by Gasteiger charge is -2.09. The predicted molar refractivity (Wildman–Crippen MR) is 180 cm³/mol. The van der Waals surface area contributed by atoms with Crippen molar-refractivity contribution in [3.8, 4) is 34.0 Å². The molecule has 1 unspecified atom stereocenters. The van der Waals surface area contributed by atoms with Crippen molar-refractivity contribution in [3.05, 3.63) is 60.4 Å². The molecule has 1 saturated carbocycles. The Balaban J connectivity index is 0.986. The van der Waals surface area contributed by atoms with Crippen LogP contribution >= 0.6 is 0 Å². The molecule has 0 amide bonds. The summed E-state index contributed by atoms with van der Waals surface area (Å²) in [5.41, 5.74) is 4.47. The monoisotopic (exact) mass is 598 g/mol. The summed E-state index contributed by atoms with van der Waals surface area (Å²) in [6, 6.07) is 14.8. The van der Waals surface area contributed by atoms with Crippen molar-refractivity contribution in [1.82, 2.24) is 9.97 Å². The molecule has 0 N–H and O–H groups in total. The zero-order valence-corrected chi connectivity index (χ0v) is 27.1. The molecule has 1 fully saturated rings. The van der Waals surface area contributed by atoms with Gasteiger partial charge < -0.3 is 14.2 Å². The SMILES string of the molecule is CCCCCCOCCCCc1ccc(-c2cnc(-c3ccc4c(c3)OC(CCCCCCCCCC3CC3)O4)nc2)cc1. The van der Waals surface area contributed by atoms with Crippen molar-refractivity contribution in [1.29, 1.82) is 0 Å². The third-order valence-corrected chi connectivity index (χ3v) is 9.05. The van der Waals surface area contributed by atoms with Gasteiger partial charge in [-0.25, -0.2) is 9.97 Å². The molecule has 0 saturated heterocycles. The van der Waals surface area contributed by atoms with E-state index in [-0.39, 0.29) is 6.29 Å². The summed E-state index contributed by atoms with van der Waals surface area (Å²) in [5, 5.41) is 0. The van der Waals surface area contributed by atoms with Crippen molar-refractivity contribution in [3.63, 3.8) is 0 Å². The molecule has 5 heteroatoms. The highest BCUT2D eigenvalue weighted by Gasteiger charge is 2.24. The second kappa shape index (κ2) is 18.1. The lowest BCUT2D eigenvalue weighted by Crippen LogP contribution is -2.17. The Hall–Kier alpha value is -2.92. The third-order valence-electron chi connectivity index (χ3n) is 9.05. The van der Waals surface area contributed by atoms with Crippen molar-refractivity contribution in [2.24, 2.45) is 5.92 Å². The zero-order chi connectivity index (χ0) is 30.2. The number of ether oxygens (including phenoxy) is 3. The summed E-state index contributed by atoms with van der Waals surface area (Å²) in [7, 11) is 0. The largest absolute Gasteiger partial charge is 0.451 e. The van der Waals surface area contributed by atoms with Crippen molar-refractivity contribution in [2.75, 3.05) is 13.2 Å². The van der Waals surface area contributed by atoms with Gasteiger partial charge in [-0.05, 0) is 67.3 Å². The lowest BCUT2D eigenvalue weighted by molar-refractivity contribution is 0.0395. The summed E-state index contributed by atoms with van der Waals surface area (Å²) in [6.45, 7) is 4.02. The fraction of sp³-hybridized carbons (Fsp3) is 0.590. The highest BCUT2D eigenvalue weighted by Crippen LogP contribution is 2.39. The maximum absolute atomic E-state index is 6.14. The van der Waals surface area contributed by atoms with Crippen LogP contribution in [0, 0.1) is 5.92 Å². The van der Waals surface area contributed by atoms with Gasteiger partial charge >= 0.3 is 0 Å². The second-order valence-electron chi connectivity index (χ2n) is 12.9. The van der Waals surface area contributed by atoms with E-state index >= 15 is 0 Å². The minimum absolute atomic E-state index is 0.182. The standard InChI is InChI=1S/C39H54N2O3/c1-2-3-4-13-26-42-27-14-12-16-32-20-22-33(23-21-32)35-29-40-39(41-30-35)34-24-25-36-37(28-34)44-38(43-36)17-11-9-7-5-6-8-10-15-31-18-19-31/h20-25,28-31,38H,2-19,26-27H2,1H3. The first-order valence-electron chi connectivity index (χ1n) is 17.8. The van der Waals surface area contributed by atoms with E-state index in [2.05, 4.69) is 41.2 Å². The van der Waals surface area contributed by atoms with Crippen LogP contribution in [0.2, 0.25) is 0 Å². The van der Waals surface area contributed by atoms with E-state index in [0.717, 1.165) is 79.4 Å². The highest BCUT2D eigenvalue weighted by atomic mass is 16.7. The van der Waals surface area contributed by atoms with E-state index in [1.54, 1.807) is 0 Å². The minimum Gasteiger partial charge on any atom is -0.451 e. The highest BCUT2D eigenvalue weighted by molar-refractivity contribution is 5.65. The smallest absolute Gasteiger partial charge is 0.241 e. The van der Waals surface area contributed by atoms with Crippen LogP contribution in [-0.2, 0) is 11.2 Å². The van der Waals surface area contributed by atoms with E-state index in [4.69, 9.17) is 14.2 Å². The van der Waals surface area contributed by atoms with Crippen LogP contribution in [0.4, 0.5) is 0 Å². The molecule has 2 heterocycles. The van der Waals surface area contributed by atoms with Gasteiger partial charge in [0, 0.05) is 43.2 Å². The van der Waals surface area contributed by atoms with E-state index in [1.807, 2.05) is 30.6 Å². The molecule has 3 aromatic rings. The summed E-state index contributed by atoms with van der Waals surface area (Å²) < 4.78 is 18.0. The van der Waals surface area contributed by atoms with Gasteiger partial charge in [-0.2, -0.15) is 0 Å². The van der Waals surface area contributed by atoms with Crippen LogP contribution in [0.25, 0.3) is 22.5 Å². The normalized spacial score (nSPS) is 15.6. The van der Waals surface area contributed by atoms with Crippen LogP contribution in [0.15, 0.2) is 54.9 Å². The summed E-state index contributed by atoms with van der Waals surface area (Å²) in [6.07, 6.45) is 26.8. The first-order valence-corrected chi connectivity index (χ1v) is 17.8. The molecule has 1 aliphatic carbocycles. The Morgan fingerprint density at radius 3 is 2.00 bits per heavy atom. The Morgan fingerprint density at radius 2 is 1.27 bits per heavy atom. The quantitative estimate of drug-likeness (QED) is 0.108. The van der Waals surface area contributed by atoms with Gasteiger partial charge in [-0.15, -0.1) is 0 Å². The van der Waals surface area contributed by atoms with Gasteiger partial charge in [0.25, 0.3) is 0 Å². The Morgan fingerprint density at radius 1 is 0.636 bits per heavy atom. The number of fused-ring (bicyclic) bond motifs is 1. The molecule has 1 aromatic heterocycles. The van der Waals surface area contributed by atoms with Crippen LogP contribution in [0.3, 0.4) is 0 Å².